The van der Waals surface area contributed by atoms with Crippen molar-refractivity contribution < 1.29 is 9.32 Å². The largest absolute Gasteiger partial charge is 0.361 e. The van der Waals surface area contributed by atoms with Crippen LogP contribution in [0.2, 0.25) is 0 Å². The Morgan fingerprint density at radius 1 is 1.18 bits per heavy atom. The number of carbonyl (C=O) groups is 1. The predicted molar refractivity (Wildman–Crippen MR) is 87.0 cm³/mol. The lowest BCUT2D eigenvalue weighted by molar-refractivity contribution is 0.0938. The van der Waals surface area contributed by atoms with Crippen LogP contribution in [0, 0.1) is 13.8 Å². The standard InChI is InChI=1S/C18H24N2O2/c1-11(14-7-9-15(10-8-14)18(4,5)6)19-17(21)16-12(2)20-22-13(16)3/h7-11H,1-6H3,(H,19,21)/t11-/m1/s1. The topological polar surface area (TPSA) is 55.1 Å². The summed E-state index contributed by atoms with van der Waals surface area (Å²) in [4.78, 5) is 12.3. The minimum absolute atomic E-state index is 0.0739. The molecule has 0 bridgehead atoms. The molecule has 2 aromatic rings. The lowest BCUT2D eigenvalue weighted by Crippen LogP contribution is -2.27. The van der Waals surface area contributed by atoms with Gasteiger partial charge in [-0.25, -0.2) is 0 Å². The van der Waals surface area contributed by atoms with Crippen LogP contribution in [0.3, 0.4) is 0 Å². The van der Waals surface area contributed by atoms with Crippen molar-refractivity contribution in [1.82, 2.24) is 10.5 Å². The van der Waals surface area contributed by atoms with Gasteiger partial charge in [-0.15, -0.1) is 0 Å². The van der Waals surface area contributed by atoms with Crippen LogP contribution in [-0.2, 0) is 5.41 Å². The quantitative estimate of drug-likeness (QED) is 0.929. The van der Waals surface area contributed by atoms with Gasteiger partial charge >= 0.3 is 0 Å². The zero-order valence-corrected chi connectivity index (χ0v) is 14.2. The number of benzene rings is 1. The molecule has 1 atom stereocenters. The normalized spacial score (nSPS) is 13.0. The zero-order valence-electron chi connectivity index (χ0n) is 14.2. The average Bonchev–Trinajstić information content (AvgIpc) is 2.77. The van der Waals surface area contributed by atoms with Gasteiger partial charge in [-0.05, 0) is 37.3 Å². The molecule has 1 aromatic heterocycles. The molecule has 1 N–H and O–H groups in total. The number of rotatable bonds is 3. The number of carbonyl (C=O) groups excluding carboxylic acids is 1. The van der Waals surface area contributed by atoms with Crippen molar-refractivity contribution in [2.75, 3.05) is 0 Å². The van der Waals surface area contributed by atoms with Crippen LogP contribution >= 0.6 is 0 Å². The minimum Gasteiger partial charge on any atom is -0.361 e. The summed E-state index contributed by atoms with van der Waals surface area (Å²) in [5.41, 5.74) is 3.62. The number of aryl methyl sites for hydroxylation is 2. The van der Waals surface area contributed by atoms with Crippen molar-refractivity contribution in [3.8, 4) is 0 Å². The third kappa shape index (κ3) is 3.38. The highest BCUT2D eigenvalue weighted by atomic mass is 16.5. The molecule has 1 amide bonds. The molecular weight excluding hydrogens is 276 g/mol. The fourth-order valence-electron chi connectivity index (χ4n) is 2.43. The first-order valence-electron chi connectivity index (χ1n) is 7.54. The third-order valence-electron chi connectivity index (χ3n) is 3.88. The van der Waals surface area contributed by atoms with Crippen molar-refractivity contribution in [3.05, 3.63) is 52.4 Å². The van der Waals surface area contributed by atoms with Crippen LogP contribution < -0.4 is 5.32 Å². The van der Waals surface area contributed by atoms with Crippen molar-refractivity contribution in [1.29, 1.82) is 0 Å². The first-order valence-corrected chi connectivity index (χ1v) is 7.54. The molecule has 0 fully saturated rings. The highest BCUT2D eigenvalue weighted by Gasteiger charge is 2.20. The Hall–Kier alpha value is -2.10. The lowest BCUT2D eigenvalue weighted by atomic mass is 9.86. The third-order valence-corrected chi connectivity index (χ3v) is 3.88. The maximum absolute atomic E-state index is 12.3. The van der Waals surface area contributed by atoms with E-state index >= 15 is 0 Å². The van der Waals surface area contributed by atoms with Crippen molar-refractivity contribution in [2.45, 2.75) is 53.0 Å². The van der Waals surface area contributed by atoms with Crippen LogP contribution in [0.15, 0.2) is 28.8 Å². The maximum atomic E-state index is 12.3. The van der Waals surface area contributed by atoms with Gasteiger partial charge in [0.1, 0.15) is 11.3 Å². The number of aromatic nitrogens is 1. The Labute approximate surface area is 131 Å². The van der Waals surface area contributed by atoms with Crippen LogP contribution in [0.25, 0.3) is 0 Å². The van der Waals surface area contributed by atoms with E-state index in [0.29, 0.717) is 17.0 Å². The van der Waals surface area contributed by atoms with E-state index in [1.807, 2.05) is 6.92 Å². The van der Waals surface area contributed by atoms with Crippen molar-refractivity contribution in [3.63, 3.8) is 0 Å². The Bertz CT molecular complexity index is 644. The molecule has 4 heteroatoms. The number of nitrogens with zero attached hydrogens (tertiary/aromatic N) is 1. The molecule has 2 rings (SSSR count). The zero-order chi connectivity index (χ0) is 16.5. The Morgan fingerprint density at radius 2 is 1.77 bits per heavy atom. The van der Waals surface area contributed by atoms with Crippen molar-refractivity contribution >= 4 is 5.91 Å². The SMILES string of the molecule is Cc1noc(C)c1C(=O)N[C@H](C)c1ccc(C(C)(C)C)cc1. The fraction of sp³-hybridized carbons (Fsp3) is 0.444. The van der Waals surface area contributed by atoms with Crippen LogP contribution in [0.1, 0.15) is 66.7 Å². The van der Waals surface area contributed by atoms with Gasteiger partial charge in [0.05, 0.1) is 11.7 Å². The number of nitrogens with one attached hydrogen (secondary N) is 1. The van der Waals surface area contributed by atoms with E-state index in [1.165, 1.54) is 5.56 Å². The maximum Gasteiger partial charge on any atom is 0.257 e. The van der Waals surface area contributed by atoms with E-state index in [9.17, 15) is 4.79 Å². The summed E-state index contributed by atoms with van der Waals surface area (Å²) in [7, 11) is 0. The van der Waals surface area contributed by atoms with Gasteiger partial charge in [-0.1, -0.05) is 50.2 Å². The first kappa shape index (κ1) is 16.3. The molecule has 118 valence electrons. The summed E-state index contributed by atoms with van der Waals surface area (Å²) < 4.78 is 5.05. The summed E-state index contributed by atoms with van der Waals surface area (Å²) in [5, 5.41) is 6.82. The van der Waals surface area contributed by atoms with Gasteiger partial charge in [-0.3, -0.25) is 4.79 Å². The van der Waals surface area contributed by atoms with E-state index in [-0.39, 0.29) is 17.4 Å². The molecule has 0 saturated carbocycles. The summed E-state index contributed by atoms with van der Waals surface area (Å²) >= 11 is 0. The molecule has 0 spiro atoms. The molecule has 0 saturated heterocycles. The highest BCUT2D eigenvalue weighted by Crippen LogP contribution is 2.24. The summed E-state index contributed by atoms with van der Waals surface area (Å²) in [6.45, 7) is 12.0. The molecule has 0 radical (unpaired) electrons. The first-order chi connectivity index (χ1) is 10.2. The summed E-state index contributed by atoms with van der Waals surface area (Å²) in [6, 6.07) is 8.30. The van der Waals surface area contributed by atoms with Gasteiger partial charge in [0.15, 0.2) is 0 Å². The Morgan fingerprint density at radius 3 is 2.23 bits per heavy atom. The molecule has 0 unspecified atom stereocenters. The van der Waals surface area contributed by atoms with E-state index < -0.39 is 0 Å². The molecule has 0 aliphatic heterocycles. The number of hydrogen-bond acceptors (Lipinski definition) is 3. The fourth-order valence-corrected chi connectivity index (χ4v) is 2.43. The molecule has 4 nitrogen and oxygen atoms in total. The molecule has 1 aromatic carbocycles. The summed E-state index contributed by atoms with van der Waals surface area (Å²) in [6.07, 6.45) is 0. The van der Waals surface area contributed by atoms with Gasteiger partial charge < -0.3 is 9.84 Å². The van der Waals surface area contributed by atoms with Crippen LogP contribution in [0.5, 0.6) is 0 Å². The van der Waals surface area contributed by atoms with E-state index in [1.54, 1.807) is 13.8 Å². The molecule has 1 heterocycles. The van der Waals surface area contributed by atoms with Gasteiger partial charge in [0.2, 0.25) is 0 Å². The predicted octanol–water partition coefficient (Wildman–Crippen LogP) is 4.08. The van der Waals surface area contributed by atoms with Crippen LogP contribution in [-0.4, -0.2) is 11.1 Å². The van der Waals surface area contributed by atoms with E-state index in [0.717, 1.165) is 5.56 Å². The molecule has 22 heavy (non-hydrogen) atoms. The molecule has 0 aliphatic carbocycles. The number of amides is 1. The second-order valence-electron chi connectivity index (χ2n) is 6.77. The summed E-state index contributed by atoms with van der Waals surface area (Å²) in [5.74, 6) is 0.397. The molecular formula is C18H24N2O2. The Kier molecular flexibility index (Phi) is 4.40. The smallest absolute Gasteiger partial charge is 0.257 e. The number of hydrogen-bond donors (Lipinski definition) is 1. The average molecular weight is 300 g/mol. The van der Waals surface area contributed by atoms with E-state index in [2.05, 4.69) is 55.5 Å². The monoisotopic (exact) mass is 300 g/mol. The highest BCUT2D eigenvalue weighted by molar-refractivity contribution is 5.96. The second-order valence-corrected chi connectivity index (χ2v) is 6.77. The Balaban J connectivity index is 2.12. The van der Waals surface area contributed by atoms with Gasteiger partial charge in [0, 0.05) is 0 Å². The molecule has 0 aliphatic rings. The van der Waals surface area contributed by atoms with Crippen molar-refractivity contribution in [2.24, 2.45) is 0 Å². The van der Waals surface area contributed by atoms with E-state index in [4.69, 9.17) is 4.52 Å². The van der Waals surface area contributed by atoms with Gasteiger partial charge in [-0.2, -0.15) is 0 Å². The minimum atomic E-state index is -0.149. The van der Waals surface area contributed by atoms with Crippen LogP contribution in [0.4, 0.5) is 0 Å². The van der Waals surface area contributed by atoms with Gasteiger partial charge in [0.25, 0.3) is 5.91 Å². The lowest BCUT2D eigenvalue weighted by Gasteiger charge is -2.20. The second kappa shape index (κ2) is 5.95.